The molecule has 14 heavy (non-hydrogen) atoms. The molecule has 0 spiro atoms. The molecule has 2 rings (SSSR count). The Morgan fingerprint density at radius 1 is 1.57 bits per heavy atom. The first-order valence-electron chi connectivity index (χ1n) is 4.66. The zero-order valence-electron chi connectivity index (χ0n) is 8.12. The minimum Gasteiger partial charge on any atom is -0.360 e. The molecule has 0 bridgehead atoms. The first-order chi connectivity index (χ1) is 6.86. The summed E-state index contributed by atoms with van der Waals surface area (Å²) >= 11 is 3.51. The van der Waals surface area contributed by atoms with E-state index in [0.29, 0.717) is 0 Å². The average molecular weight is 227 g/mol. The van der Waals surface area contributed by atoms with E-state index in [4.69, 9.17) is 0 Å². The van der Waals surface area contributed by atoms with Crippen molar-refractivity contribution >= 4 is 28.3 Å². The molecule has 1 N–H and O–H groups in total. The van der Waals surface area contributed by atoms with E-state index in [0.717, 1.165) is 24.0 Å². The molecular weight excluding hydrogens is 214 g/mol. The number of aryl methyl sites for hydroxylation is 1. The van der Waals surface area contributed by atoms with E-state index in [1.807, 2.05) is 24.2 Å². The van der Waals surface area contributed by atoms with Crippen LogP contribution in [-0.4, -0.2) is 22.4 Å². The quantitative estimate of drug-likeness (QED) is 0.840. The second kappa shape index (κ2) is 4.79. The average Bonchev–Trinajstić information content (AvgIpc) is 2.63. The first-order valence-corrected chi connectivity index (χ1v) is 6.53. The van der Waals surface area contributed by atoms with Gasteiger partial charge in [-0.3, -0.25) is 4.99 Å². The van der Waals surface area contributed by atoms with Crippen LogP contribution >= 0.6 is 23.1 Å². The summed E-state index contributed by atoms with van der Waals surface area (Å²) in [5, 5.41) is 4.44. The Morgan fingerprint density at radius 2 is 2.50 bits per heavy atom. The van der Waals surface area contributed by atoms with Crippen LogP contribution in [0.1, 0.15) is 17.0 Å². The Kier molecular flexibility index (Phi) is 3.42. The number of rotatable bonds is 2. The topological polar surface area (TPSA) is 37.3 Å². The van der Waals surface area contributed by atoms with E-state index in [9.17, 15) is 0 Å². The number of aromatic nitrogens is 1. The number of hydrogen-bond acceptors (Lipinski definition) is 5. The van der Waals surface area contributed by atoms with Gasteiger partial charge in [-0.1, -0.05) is 11.8 Å². The van der Waals surface area contributed by atoms with Gasteiger partial charge in [-0.15, -0.1) is 11.3 Å². The number of thioether (sulfide) groups is 1. The fourth-order valence-electron chi connectivity index (χ4n) is 1.22. The van der Waals surface area contributed by atoms with Gasteiger partial charge in [0.25, 0.3) is 0 Å². The van der Waals surface area contributed by atoms with Crippen LogP contribution < -0.4 is 5.32 Å². The van der Waals surface area contributed by atoms with Crippen molar-refractivity contribution in [2.45, 2.75) is 19.9 Å². The molecule has 0 amide bonds. The van der Waals surface area contributed by atoms with E-state index in [1.54, 1.807) is 11.3 Å². The van der Waals surface area contributed by atoms with E-state index in [1.165, 1.54) is 17.1 Å². The van der Waals surface area contributed by atoms with Crippen LogP contribution in [0.25, 0.3) is 0 Å². The smallest absolute Gasteiger partial charge is 0.156 e. The van der Waals surface area contributed by atoms with Crippen molar-refractivity contribution in [3.63, 3.8) is 0 Å². The van der Waals surface area contributed by atoms with Crippen LogP contribution in [0.15, 0.2) is 10.5 Å². The summed E-state index contributed by atoms with van der Waals surface area (Å²) < 4.78 is 0. The zero-order chi connectivity index (χ0) is 9.80. The SMILES string of the molecule is Cc1ncsc1CNC1=NCCCS1. The molecule has 0 saturated heterocycles. The van der Waals surface area contributed by atoms with Crippen molar-refractivity contribution in [1.82, 2.24) is 10.3 Å². The van der Waals surface area contributed by atoms with Crippen molar-refractivity contribution in [2.75, 3.05) is 12.3 Å². The van der Waals surface area contributed by atoms with Gasteiger partial charge in [0.1, 0.15) is 0 Å². The zero-order valence-corrected chi connectivity index (χ0v) is 9.75. The first kappa shape index (κ1) is 9.98. The van der Waals surface area contributed by atoms with Gasteiger partial charge in [0.2, 0.25) is 0 Å². The molecule has 2 heterocycles. The molecule has 76 valence electrons. The lowest BCUT2D eigenvalue weighted by atomic mass is 10.4. The Morgan fingerprint density at radius 3 is 3.14 bits per heavy atom. The largest absolute Gasteiger partial charge is 0.360 e. The third kappa shape index (κ3) is 2.48. The maximum Gasteiger partial charge on any atom is 0.156 e. The molecule has 1 aliphatic rings. The van der Waals surface area contributed by atoms with Crippen LogP contribution in [0.5, 0.6) is 0 Å². The highest BCUT2D eigenvalue weighted by Gasteiger charge is 2.06. The van der Waals surface area contributed by atoms with Gasteiger partial charge in [0.15, 0.2) is 5.17 Å². The van der Waals surface area contributed by atoms with E-state index < -0.39 is 0 Å². The molecule has 5 heteroatoms. The van der Waals surface area contributed by atoms with Crippen molar-refractivity contribution in [3.05, 3.63) is 16.1 Å². The normalized spacial score (nSPS) is 16.5. The molecule has 3 nitrogen and oxygen atoms in total. The predicted molar refractivity (Wildman–Crippen MR) is 63.1 cm³/mol. The van der Waals surface area contributed by atoms with Crippen LogP contribution in [0, 0.1) is 6.92 Å². The summed E-state index contributed by atoms with van der Waals surface area (Å²) in [6, 6.07) is 0. The van der Waals surface area contributed by atoms with Gasteiger partial charge in [-0.25, -0.2) is 4.98 Å². The summed E-state index contributed by atoms with van der Waals surface area (Å²) in [6.45, 7) is 3.88. The number of amidine groups is 1. The van der Waals surface area contributed by atoms with E-state index in [-0.39, 0.29) is 0 Å². The number of nitrogens with one attached hydrogen (secondary N) is 1. The molecule has 0 aromatic carbocycles. The summed E-state index contributed by atoms with van der Waals surface area (Å²) in [4.78, 5) is 9.93. The predicted octanol–water partition coefficient (Wildman–Crippen LogP) is 2.03. The molecule has 0 saturated carbocycles. The summed E-state index contributed by atoms with van der Waals surface area (Å²) in [7, 11) is 0. The Bertz CT molecular complexity index is 333. The van der Waals surface area contributed by atoms with Gasteiger partial charge in [-0.05, 0) is 13.3 Å². The van der Waals surface area contributed by atoms with Gasteiger partial charge in [0, 0.05) is 17.2 Å². The maximum atomic E-state index is 4.41. The highest BCUT2D eigenvalue weighted by Crippen LogP contribution is 2.14. The summed E-state index contributed by atoms with van der Waals surface area (Å²) in [6.07, 6.45) is 1.20. The number of aliphatic imine (C=N–C) groups is 1. The highest BCUT2D eigenvalue weighted by molar-refractivity contribution is 8.13. The monoisotopic (exact) mass is 227 g/mol. The van der Waals surface area contributed by atoms with Crippen LogP contribution in [0.2, 0.25) is 0 Å². The van der Waals surface area contributed by atoms with E-state index in [2.05, 4.69) is 15.3 Å². The lowest BCUT2D eigenvalue weighted by molar-refractivity contribution is 0.883. The second-order valence-electron chi connectivity index (χ2n) is 3.10. The molecule has 0 radical (unpaired) electrons. The Labute approximate surface area is 92.0 Å². The molecule has 1 aromatic heterocycles. The van der Waals surface area contributed by atoms with Crippen molar-refractivity contribution in [2.24, 2.45) is 4.99 Å². The Balaban J connectivity index is 1.88. The fourth-order valence-corrected chi connectivity index (χ4v) is 2.76. The number of hydrogen-bond donors (Lipinski definition) is 1. The van der Waals surface area contributed by atoms with E-state index >= 15 is 0 Å². The van der Waals surface area contributed by atoms with Gasteiger partial charge in [0.05, 0.1) is 17.7 Å². The summed E-state index contributed by atoms with van der Waals surface area (Å²) in [5.41, 5.74) is 3.02. The second-order valence-corrected chi connectivity index (χ2v) is 5.13. The maximum absolute atomic E-state index is 4.41. The number of nitrogens with zero attached hydrogens (tertiary/aromatic N) is 2. The minimum atomic E-state index is 0.863. The lowest BCUT2D eigenvalue weighted by Crippen LogP contribution is -2.22. The van der Waals surface area contributed by atoms with Crippen molar-refractivity contribution in [3.8, 4) is 0 Å². The standard InChI is InChI=1S/C9H13N3S2/c1-7-8(14-6-12-7)5-11-9-10-3-2-4-13-9/h6H,2-5H2,1H3,(H,10,11). The molecule has 1 aliphatic heterocycles. The summed E-state index contributed by atoms with van der Waals surface area (Å²) in [5.74, 6) is 1.19. The third-order valence-electron chi connectivity index (χ3n) is 2.04. The van der Waals surface area contributed by atoms with Crippen molar-refractivity contribution in [1.29, 1.82) is 0 Å². The highest BCUT2D eigenvalue weighted by atomic mass is 32.2. The van der Waals surface area contributed by atoms with Crippen molar-refractivity contribution < 1.29 is 0 Å². The molecule has 0 fully saturated rings. The Hall–Kier alpha value is -0.550. The molecule has 0 aliphatic carbocycles. The van der Waals surface area contributed by atoms with Gasteiger partial charge in [-0.2, -0.15) is 0 Å². The third-order valence-corrected chi connectivity index (χ3v) is 4.02. The molecular formula is C9H13N3S2. The van der Waals surface area contributed by atoms with Crippen LogP contribution in [0.3, 0.4) is 0 Å². The molecule has 1 aromatic rings. The van der Waals surface area contributed by atoms with Gasteiger partial charge < -0.3 is 5.32 Å². The number of thiazole rings is 1. The molecule has 0 unspecified atom stereocenters. The molecule has 0 atom stereocenters. The fraction of sp³-hybridized carbons (Fsp3) is 0.556. The minimum absolute atomic E-state index is 0.863. The lowest BCUT2D eigenvalue weighted by Gasteiger charge is -2.12. The van der Waals surface area contributed by atoms with Gasteiger partial charge >= 0.3 is 0 Å². The van der Waals surface area contributed by atoms with Crippen LogP contribution in [-0.2, 0) is 6.54 Å². The van der Waals surface area contributed by atoms with Crippen LogP contribution in [0.4, 0.5) is 0 Å².